The minimum atomic E-state index is 0.164. The molecule has 0 saturated heterocycles. The Bertz CT molecular complexity index is 518. The van der Waals surface area contributed by atoms with E-state index in [2.05, 4.69) is 32.5 Å². The van der Waals surface area contributed by atoms with Gasteiger partial charge in [-0.2, -0.15) is 15.0 Å². The van der Waals surface area contributed by atoms with Crippen LogP contribution in [-0.4, -0.2) is 21.5 Å². The lowest BCUT2D eigenvalue weighted by Crippen LogP contribution is -2.09. The normalized spacial score (nSPS) is 10.2. The third-order valence-corrected chi connectivity index (χ3v) is 2.53. The average molecular weight is 277 g/mol. The smallest absolute Gasteiger partial charge is 0.229 e. The molecule has 2 N–H and O–H groups in total. The molecule has 0 aliphatic heterocycles. The summed E-state index contributed by atoms with van der Waals surface area (Å²) in [5, 5.41) is 6.30. The number of rotatable bonds is 6. The van der Waals surface area contributed by atoms with Gasteiger partial charge in [-0.3, -0.25) is 0 Å². The van der Waals surface area contributed by atoms with E-state index in [0.29, 0.717) is 25.0 Å². The van der Waals surface area contributed by atoms with Gasteiger partial charge in [-0.05, 0) is 23.6 Å². The lowest BCUT2D eigenvalue weighted by molar-refractivity contribution is 0.966. The van der Waals surface area contributed by atoms with Crippen molar-refractivity contribution in [2.45, 2.75) is 13.0 Å². The molecule has 19 heavy (non-hydrogen) atoms. The van der Waals surface area contributed by atoms with Crippen LogP contribution >= 0.6 is 11.6 Å². The zero-order chi connectivity index (χ0) is 13.5. The molecule has 0 fully saturated rings. The zero-order valence-corrected chi connectivity index (χ0v) is 11.2. The van der Waals surface area contributed by atoms with Crippen molar-refractivity contribution in [3.05, 3.63) is 48.1 Å². The van der Waals surface area contributed by atoms with Crippen LogP contribution in [0.25, 0.3) is 0 Å². The summed E-state index contributed by atoms with van der Waals surface area (Å²) < 4.78 is 0. The highest BCUT2D eigenvalue weighted by Crippen LogP contribution is 2.10. The molecule has 0 aliphatic rings. The first kappa shape index (κ1) is 13.5. The van der Waals surface area contributed by atoms with Gasteiger partial charge in [-0.1, -0.05) is 37.3 Å². The van der Waals surface area contributed by atoms with Crippen molar-refractivity contribution >= 4 is 23.5 Å². The maximum absolute atomic E-state index is 5.85. The van der Waals surface area contributed by atoms with Crippen molar-refractivity contribution in [3.63, 3.8) is 0 Å². The van der Waals surface area contributed by atoms with Gasteiger partial charge >= 0.3 is 0 Å². The fraction of sp³-hybridized carbons (Fsp3) is 0.231. The Morgan fingerprint density at radius 2 is 1.68 bits per heavy atom. The molecule has 1 aromatic carbocycles. The van der Waals surface area contributed by atoms with Crippen LogP contribution in [0.5, 0.6) is 0 Å². The third kappa shape index (κ3) is 4.37. The van der Waals surface area contributed by atoms with Crippen LogP contribution in [0.4, 0.5) is 11.9 Å². The molecule has 1 radical (unpaired) electrons. The van der Waals surface area contributed by atoms with Crippen LogP contribution in [0.2, 0.25) is 5.28 Å². The summed E-state index contributed by atoms with van der Waals surface area (Å²) in [6.07, 6.45) is 0.746. The summed E-state index contributed by atoms with van der Waals surface area (Å²) in [6, 6.07) is 10.00. The summed E-state index contributed by atoms with van der Waals surface area (Å²) in [7, 11) is 0. The highest BCUT2D eigenvalue weighted by atomic mass is 35.5. The van der Waals surface area contributed by atoms with E-state index in [4.69, 9.17) is 11.6 Å². The Morgan fingerprint density at radius 1 is 1.00 bits per heavy atom. The monoisotopic (exact) mass is 276 g/mol. The largest absolute Gasteiger partial charge is 0.354 e. The van der Waals surface area contributed by atoms with Gasteiger partial charge in [0, 0.05) is 13.1 Å². The Kier molecular flexibility index (Phi) is 4.92. The summed E-state index contributed by atoms with van der Waals surface area (Å²) in [5.41, 5.74) is 1.14. The number of aromatic nitrogens is 3. The van der Waals surface area contributed by atoms with Crippen LogP contribution in [0, 0.1) is 6.92 Å². The second kappa shape index (κ2) is 6.89. The van der Waals surface area contributed by atoms with E-state index in [0.717, 1.165) is 12.0 Å². The zero-order valence-electron chi connectivity index (χ0n) is 10.4. The van der Waals surface area contributed by atoms with Crippen molar-refractivity contribution in [3.8, 4) is 0 Å². The van der Waals surface area contributed by atoms with E-state index >= 15 is 0 Å². The minimum Gasteiger partial charge on any atom is -0.354 e. The molecule has 0 amide bonds. The molecule has 0 spiro atoms. The Balaban J connectivity index is 2.01. The predicted molar refractivity (Wildman–Crippen MR) is 77.1 cm³/mol. The fourth-order valence-electron chi connectivity index (χ4n) is 1.49. The maximum atomic E-state index is 5.85. The van der Waals surface area contributed by atoms with Gasteiger partial charge in [0.25, 0.3) is 0 Å². The van der Waals surface area contributed by atoms with Crippen molar-refractivity contribution < 1.29 is 0 Å². The molecule has 0 bridgehead atoms. The van der Waals surface area contributed by atoms with E-state index in [-0.39, 0.29) is 5.28 Å². The first-order chi connectivity index (χ1) is 9.28. The van der Waals surface area contributed by atoms with Gasteiger partial charge < -0.3 is 10.6 Å². The first-order valence-corrected chi connectivity index (χ1v) is 6.38. The van der Waals surface area contributed by atoms with Gasteiger partial charge in [0.05, 0.1) is 0 Å². The molecule has 1 heterocycles. The molecule has 99 valence electrons. The van der Waals surface area contributed by atoms with E-state index < -0.39 is 0 Å². The van der Waals surface area contributed by atoms with Gasteiger partial charge in [0.1, 0.15) is 0 Å². The number of hydrogen-bond donors (Lipinski definition) is 2. The second-order valence-electron chi connectivity index (χ2n) is 3.87. The molecule has 0 unspecified atom stereocenters. The van der Waals surface area contributed by atoms with Gasteiger partial charge in [0.2, 0.25) is 17.2 Å². The Morgan fingerprint density at radius 3 is 2.37 bits per heavy atom. The molecule has 0 aliphatic carbocycles. The molecule has 0 saturated carbocycles. The lowest BCUT2D eigenvalue weighted by atomic mass is 10.2. The van der Waals surface area contributed by atoms with Crippen molar-refractivity contribution in [1.82, 2.24) is 15.0 Å². The number of nitrogens with one attached hydrogen (secondary N) is 2. The molecule has 2 rings (SSSR count). The minimum absolute atomic E-state index is 0.164. The summed E-state index contributed by atoms with van der Waals surface area (Å²) in [6.45, 7) is 5.07. The number of anilines is 2. The molecular formula is C13H15ClN5. The molecule has 6 heteroatoms. The topological polar surface area (TPSA) is 62.7 Å². The number of halogens is 1. The van der Waals surface area contributed by atoms with E-state index in [9.17, 15) is 0 Å². The van der Waals surface area contributed by atoms with Crippen molar-refractivity contribution in [1.29, 1.82) is 0 Å². The van der Waals surface area contributed by atoms with Gasteiger partial charge in [-0.25, -0.2) is 0 Å². The number of hydrogen-bond acceptors (Lipinski definition) is 5. The van der Waals surface area contributed by atoms with E-state index in [1.165, 1.54) is 0 Å². The molecule has 5 nitrogen and oxygen atoms in total. The predicted octanol–water partition coefficient (Wildman–Crippen LogP) is 2.77. The molecular weight excluding hydrogens is 262 g/mol. The standard InChI is InChI=1S/C13H15ClN5/c1-2-8-15-12-17-11(14)18-13(19-12)16-9-10-6-4-3-5-7-10/h3-7H,1-2,8-9H2,(H2,15,16,17,18,19). The first-order valence-electron chi connectivity index (χ1n) is 6.00. The molecule has 0 atom stereocenters. The Labute approximate surface area is 117 Å². The lowest BCUT2D eigenvalue weighted by Gasteiger charge is -2.07. The van der Waals surface area contributed by atoms with Crippen molar-refractivity contribution in [2.24, 2.45) is 0 Å². The van der Waals surface area contributed by atoms with E-state index in [1.807, 2.05) is 30.3 Å². The van der Waals surface area contributed by atoms with Crippen LogP contribution in [0.3, 0.4) is 0 Å². The highest BCUT2D eigenvalue weighted by molar-refractivity contribution is 6.28. The van der Waals surface area contributed by atoms with Crippen LogP contribution in [-0.2, 0) is 6.54 Å². The van der Waals surface area contributed by atoms with Crippen LogP contribution in [0.15, 0.2) is 30.3 Å². The van der Waals surface area contributed by atoms with Crippen LogP contribution in [0.1, 0.15) is 12.0 Å². The second-order valence-corrected chi connectivity index (χ2v) is 4.21. The molecule has 1 aromatic heterocycles. The fourth-order valence-corrected chi connectivity index (χ4v) is 1.65. The number of benzene rings is 1. The van der Waals surface area contributed by atoms with Gasteiger partial charge in [0.15, 0.2) is 0 Å². The molecule has 2 aromatic rings. The van der Waals surface area contributed by atoms with Gasteiger partial charge in [-0.15, -0.1) is 0 Å². The quantitative estimate of drug-likeness (QED) is 0.849. The van der Waals surface area contributed by atoms with E-state index in [1.54, 1.807) is 0 Å². The summed E-state index contributed by atoms with van der Waals surface area (Å²) in [5.74, 6) is 0.912. The number of nitrogens with zero attached hydrogens (tertiary/aromatic N) is 3. The summed E-state index contributed by atoms with van der Waals surface area (Å²) in [4.78, 5) is 12.3. The highest BCUT2D eigenvalue weighted by Gasteiger charge is 2.04. The van der Waals surface area contributed by atoms with Crippen molar-refractivity contribution in [2.75, 3.05) is 17.2 Å². The summed E-state index contributed by atoms with van der Waals surface area (Å²) >= 11 is 5.85. The maximum Gasteiger partial charge on any atom is 0.229 e. The van der Waals surface area contributed by atoms with Crippen LogP contribution < -0.4 is 10.6 Å². The Hall–Kier alpha value is -1.88. The SMILES string of the molecule is [CH2]CCNc1nc(Cl)nc(NCc2ccccc2)n1. The third-order valence-electron chi connectivity index (χ3n) is 2.36. The average Bonchev–Trinajstić information content (AvgIpc) is 2.43.